The summed E-state index contributed by atoms with van der Waals surface area (Å²) in [6, 6.07) is 1.77. The summed E-state index contributed by atoms with van der Waals surface area (Å²) in [6.45, 7) is 1.81. The van der Waals surface area contributed by atoms with Crippen molar-refractivity contribution in [3.63, 3.8) is 0 Å². The van der Waals surface area contributed by atoms with Crippen LogP contribution in [-0.4, -0.2) is 16.5 Å². The molecule has 2 aromatic rings. The van der Waals surface area contributed by atoms with Gasteiger partial charge in [0.15, 0.2) is 6.29 Å². The number of carbonyl (C=O) groups is 1. The molecule has 0 amide bonds. The van der Waals surface area contributed by atoms with Gasteiger partial charge in [-0.2, -0.15) is 5.10 Å². The Morgan fingerprint density at radius 3 is 3.08 bits per heavy atom. The first-order valence-corrected chi connectivity index (χ1v) is 3.85. The fraction of sp³-hybridized carbons (Fsp3) is 0.111. The van der Waals surface area contributed by atoms with Gasteiger partial charge in [0, 0.05) is 11.3 Å². The molecular formula is C9H8N2O2. The van der Waals surface area contributed by atoms with Crippen LogP contribution < -0.4 is 0 Å². The van der Waals surface area contributed by atoms with Crippen LogP contribution in [0.3, 0.4) is 0 Å². The Morgan fingerprint density at radius 2 is 2.46 bits per heavy atom. The Hall–Kier alpha value is -1.84. The van der Waals surface area contributed by atoms with Crippen LogP contribution in [0.15, 0.2) is 23.0 Å². The summed E-state index contributed by atoms with van der Waals surface area (Å²) in [6.07, 6.45) is 3.90. The van der Waals surface area contributed by atoms with Gasteiger partial charge in [-0.05, 0) is 13.0 Å². The predicted molar refractivity (Wildman–Crippen MR) is 46.4 cm³/mol. The van der Waals surface area contributed by atoms with E-state index in [2.05, 4.69) is 10.2 Å². The van der Waals surface area contributed by atoms with Crippen LogP contribution in [0.25, 0.3) is 11.3 Å². The third-order valence-electron chi connectivity index (χ3n) is 1.91. The number of aromatic amines is 1. The number of H-pyrrole nitrogens is 1. The summed E-state index contributed by atoms with van der Waals surface area (Å²) in [4.78, 5) is 10.7. The molecule has 1 N–H and O–H groups in total. The Morgan fingerprint density at radius 1 is 1.62 bits per heavy atom. The monoisotopic (exact) mass is 176 g/mol. The lowest BCUT2D eigenvalue weighted by Crippen LogP contribution is -1.83. The van der Waals surface area contributed by atoms with Gasteiger partial charge in [-0.15, -0.1) is 0 Å². The average Bonchev–Trinajstić information content (AvgIpc) is 2.71. The Balaban J connectivity index is 2.58. The van der Waals surface area contributed by atoms with E-state index in [1.807, 2.05) is 0 Å². The Kier molecular flexibility index (Phi) is 1.73. The van der Waals surface area contributed by atoms with Crippen molar-refractivity contribution in [2.45, 2.75) is 6.92 Å². The number of nitrogens with zero attached hydrogens (tertiary/aromatic N) is 1. The molecule has 2 heterocycles. The number of aldehydes is 1. The van der Waals surface area contributed by atoms with Crippen molar-refractivity contribution >= 4 is 6.29 Å². The zero-order valence-corrected chi connectivity index (χ0v) is 7.07. The largest absolute Gasteiger partial charge is 0.472 e. The van der Waals surface area contributed by atoms with E-state index >= 15 is 0 Å². The number of rotatable bonds is 2. The SMILES string of the molecule is Cc1[nH]nc(-c2ccoc2)c1C=O. The zero-order valence-electron chi connectivity index (χ0n) is 7.07. The smallest absolute Gasteiger partial charge is 0.154 e. The van der Waals surface area contributed by atoms with Gasteiger partial charge in [-0.3, -0.25) is 9.89 Å². The van der Waals surface area contributed by atoms with Crippen molar-refractivity contribution in [3.05, 3.63) is 29.9 Å². The molecule has 0 radical (unpaired) electrons. The molecule has 2 rings (SSSR count). The minimum atomic E-state index is 0.585. The second-order valence-electron chi connectivity index (χ2n) is 2.74. The van der Waals surface area contributed by atoms with Gasteiger partial charge in [0.25, 0.3) is 0 Å². The first kappa shape index (κ1) is 7.79. The molecule has 0 bridgehead atoms. The van der Waals surface area contributed by atoms with E-state index < -0.39 is 0 Å². The van der Waals surface area contributed by atoms with Crippen LogP contribution in [0.4, 0.5) is 0 Å². The summed E-state index contributed by atoms with van der Waals surface area (Å²) >= 11 is 0. The van der Waals surface area contributed by atoms with Crippen molar-refractivity contribution < 1.29 is 9.21 Å². The molecular weight excluding hydrogens is 168 g/mol. The van der Waals surface area contributed by atoms with E-state index in [-0.39, 0.29) is 0 Å². The first-order chi connectivity index (χ1) is 6.33. The third kappa shape index (κ3) is 1.16. The highest BCUT2D eigenvalue weighted by molar-refractivity contribution is 5.86. The minimum Gasteiger partial charge on any atom is -0.472 e. The fourth-order valence-electron chi connectivity index (χ4n) is 1.20. The highest BCUT2D eigenvalue weighted by Gasteiger charge is 2.11. The maximum atomic E-state index is 10.7. The minimum absolute atomic E-state index is 0.585. The molecule has 0 fully saturated rings. The number of aromatic nitrogens is 2. The quantitative estimate of drug-likeness (QED) is 0.709. The molecule has 4 nitrogen and oxygen atoms in total. The molecule has 4 heteroatoms. The lowest BCUT2D eigenvalue weighted by Gasteiger charge is -1.90. The van der Waals surface area contributed by atoms with Crippen LogP contribution in [0, 0.1) is 6.92 Å². The molecule has 0 aliphatic carbocycles. The third-order valence-corrected chi connectivity index (χ3v) is 1.91. The van der Waals surface area contributed by atoms with Crippen molar-refractivity contribution in [1.82, 2.24) is 10.2 Å². The zero-order chi connectivity index (χ0) is 9.26. The lowest BCUT2D eigenvalue weighted by molar-refractivity contribution is 0.112. The molecule has 2 aromatic heterocycles. The Labute approximate surface area is 74.6 Å². The van der Waals surface area contributed by atoms with E-state index in [0.29, 0.717) is 11.3 Å². The number of hydrogen-bond acceptors (Lipinski definition) is 3. The standard InChI is InChI=1S/C9H8N2O2/c1-6-8(4-12)9(11-10-6)7-2-3-13-5-7/h2-5H,1H3,(H,10,11). The molecule has 0 unspecified atom stereocenters. The van der Waals surface area contributed by atoms with Gasteiger partial charge in [0.1, 0.15) is 5.69 Å². The van der Waals surface area contributed by atoms with Crippen LogP contribution in [0.5, 0.6) is 0 Å². The number of carbonyl (C=O) groups excluding carboxylic acids is 1. The van der Waals surface area contributed by atoms with Crippen molar-refractivity contribution in [2.24, 2.45) is 0 Å². The van der Waals surface area contributed by atoms with Gasteiger partial charge in [0.2, 0.25) is 0 Å². The van der Waals surface area contributed by atoms with Crippen molar-refractivity contribution in [1.29, 1.82) is 0 Å². The normalized spacial score (nSPS) is 10.2. The molecule has 0 aliphatic rings. The number of aryl methyl sites for hydroxylation is 1. The topological polar surface area (TPSA) is 58.9 Å². The second-order valence-corrected chi connectivity index (χ2v) is 2.74. The number of nitrogens with one attached hydrogen (secondary N) is 1. The van der Waals surface area contributed by atoms with E-state index in [4.69, 9.17) is 4.42 Å². The summed E-state index contributed by atoms with van der Waals surface area (Å²) < 4.78 is 4.91. The van der Waals surface area contributed by atoms with Crippen molar-refractivity contribution in [3.8, 4) is 11.3 Å². The van der Waals surface area contributed by atoms with E-state index in [1.54, 1.807) is 25.5 Å². The molecule has 66 valence electrons. The summed E-state index contributed by atoms with van der Waals surface area (Å²) in [5.74, 6) is 0. The fourth-order valence-corrected chi connectivity index (χ4v) is 1.20. The van der Waals surface area contributed by atoms with Crippen LogP contribution in [0.1, 0.15) is 16.1 Å². The lowest BCUT2D eigenvalue weighted by atomic mass is 10.1. The van der Waals surface area contributed by atoms with E-state index in [1.165, 1.54) is 0 Å². The van der Waals surface area contributed by atoms with Crippen LogP contribution in [-0.2, 0) is 0 Å². The van der Waals surface area contributed by atoms with Gasteiger partial charge < -0.3 is 4.42 Å². The molecule has 0 atom stereocenters. The van der Waals surface area contributed by atoms with Crippen molar-refractivity contribution in [2.75, 3.05) is 0 Å². The van der Waals surface area contributed by atoms with Gasteiger partial charge >= 0.3 is 0 Å². The molecule has 0 saturated carbocycles. The predicted octanol–water partition coefficient (Wildman–Crippen LogP) is 1.79. The maximum Gasteiger partial charge on any atom is 0.154 e. The van der Waals surface area contributed by atoms with Crippen LogP contribution in [0.2, 0.25) is 0 Å². The van der Waals surface area contributed by atoms with E-state index in [9.17, 15) is 4.79 Å². The molecule has 0 aromatic carbocycles. The highest BCUT2D eigenvalue weighted by Crippen LogP contribution is 2.21. The summed E-state index contributed by atoms with van der Waals surface area (Å²) in [7, 11) is 0. The highest BCUT2D eigenvalue weighted by atomic mass is 16.3. The molecule has 0 spiro atoms. The summed E-state index contributed by atoms with van der Waals surface area (Å²) in [5.41, 5.74) is 2.81. The maximum absolute atomic E-state index is 10.7. The average molecular weight is 176 g/mol. The summed E-state index contributed by atoms with van der Waals surface area (Å²) in [5, 5.41) is 6.77. The molecule has 0 aliphatic heterocycles. The van der Waals surface area contributed by atoms with Gasteiger partial charge in [0.05, 0.1) is 18.1 Å². The van der Waals surface area contributed by atoms with Gasteiger partial charge in [-0.25, -0.2) is 0 Å². The number of hydrogen-bond donors (Lipinski definition) is 1. The first-order valence-electron chi connectivity index (χ1n) is 3.85. The van der Waals surface area contributed by atoms with Crippen LogP contribution >= 0.6 is 0 Å². The second kappa shape index (κ2) is 2.90. The number of furan rings is 1. The molecule has 13 heavy (non-hydrogen) atoms. The van der Waals surface area contributed by atoms with E-state index in [0.717, 1.165) is 17.5 Å². The molecule has 0 saturated heterocycles. The Bertz CT molecular complexity index is 415. The van der Waals surface area contributed by atoms with Gasteiger partial charge in [-0.1, -0.05) is 0 Å².